The minimum Gasteiger partial charge on any atom is -0.489 e. The van der Waals surface area contributed by atoms with Gasteiger partial charge in [0.25, 0.3) is 0 Å². The molecule has 0 aromatic heterocycles. The van der Waals surface area contributed by atoms with E-state index in [1.54, 1.807) is 0 Å². The molecule has 1 heterocycles. The van der Waals surface area contributed by atoms with Gasteiger partial charge in [-0.2, -0.15) is 0 Å². The summed E-state index contributed by atoms with van der Waals surface area (Å²) in [5.41, 5.74) is 6.89. The fourth-order valence-electron chi connectivity index (χ4n) is 2.03. The van der Waals surface area contributed by atoms with Crippen molar-refractivity contribution in [3.63, 3.8) is 0 Å². The zero-order valence-electron chi connectivity index (χ0n) is 8.16. The average Bonchev–Trinajstić information content (AvgIpc) is 2.47. The first kappa shape index (κ1) is 9.99. The van der Waals surface area contributed by atoms with Gasteiger partial charge in [-0.1, -0.05) is 12.1 Å². The molecule has 0 radical (unpaired) electrons. The number of para-hydroxylation sites is 1. The van der Waals surface area contributed by atoms with Gasteiger partial charge in [-0.15, -0.1) is 0 Å². The second-order valence-corrected chi connectivity index (χ2v) is 4.52. The van der Waals surface area contributed by atoms with Crippen LogP contribution >= 0.6 is 15.9 Å². The van der Waals surface area contributed by atoms with Gasteiger partial charge in [0.05, 0.1) is 4.47 Å². The first-order valence-corrected chi connectivity index (χ1v) is 5.68. The molecule has 0 spiro atoms. The van der Waals surface area contributed by atoms with Crippen LogP contribution in [-0.4, -0.2) is 12.6 Å². The molecule has 0 aliphatic carbocycles. The number of halogens is 1. The summed E-state index contributed by atoms with van der Waals surface area (Å²) in [5, 5.41) is 0. The molecule has 2 atom stereocenters. The summed E-state index contributed by atoms with van der Waals surface area (Å²) in [6.45, 7) is 2.82. The van der Waals surface area contributed by atoms with Gasteiger partial charge in [0, 0.05) is 11.5 Å². The topological polar surface area (TPSA) is 35.2 Å². The molecular weight excluding hydrogens is 242 g/mol. The lowest BCUT2D eigenvalue weighted by Gasteiger charge is -2.12. The number of nitrogens with two attached hydrogens (primary N) is 1. The Bertz CT molecular complexity index is 340. The van der Waals surface area contributed by atoms with E-state index < -0.39 is 0 Å². The first-order valence-electron chi connectivity index (χ1n) is 4.89. The quantitative estimate of drug-likeness (QED) is 0.882. The highest BCUT2D eigenvalue weighted by Gasteiger charge is 2.31. The summed E-state index contributed by atoms with van der Waals surface area (Å²) < 4.78 is 6.84. The average molecular weight is 256 g/mol. The summed E-state index contributed by atoms with van der Waals surface area (Å²) in [5.74, 6) is 1.45. The maximum absolute atomic E-state index is 5.80. The van der Waals surface area contributed by atoms with E-state index in [2.05, 4.69) is 28.9 Å². The SMILES string of the molecule is CC1Oc2c(Br)cccc2C1CCN. The van der Waals surface area contributed by atoms with Crippen LogP contribution in [0.1, 0.15) is 24.8 Å². The smallest absolute Gasteiger partial charge is 0.137 e. The highest BCUT2D eigenvalue weighted by Crippen LogP contribution is 2.43. The summed E-state index contributed by atoms with van der Waals surface area (Å²) in [7, 11) is 0. The molecule has 2 rings (SSSR count). The highest BCUT2D eigenvalue weighted by molar-refractivity contribution is 9.10. The fraction of sp³-hybridized carbons (Fsp3) is 0.455. The van der Waals surface area contributed by atoms with Crippen LogP contribution in [0, 0.1) is 0 Å². The Morgan fingerprint density at radius 1 is 1.50 bits per heavy atom. The Hall–Kier alpha value is -0.540. The number of fused-ring (bicyclic) bond motifs is 1. The molecule has 0 saturated carbocycles. The minimum absolute atomic E-state index is 0.243. The largest absolute Gasteiger partial charge is 0.489 e. The molecule has 2 unspecified atom stereocenters. The van der Waals surface area contributed by atoms with E-state index >= 15 is 0 Å². The third-order valence-electron chi connectivity index (χ3n) is 2.74. The zero-order valence-corrected chi connectivity index (χ0v) is 9.75. The van der Waals surface area contributed by atoms with E-state index in [0.29, 0.717) is 12.5 Å². The van der Waals surface area contributed by atoms with E-state index in [4.69, 9.17) is 10.5 Å². The zero-order chi connectivity index (χ0) is 10.1. The predicted octanol–water partition coefficient (Wildman–Crippen LogP) is 2.66. The highest BCUT2D eigenvalue weighted by atomic mass is 79.9. The maximum atomic E-state index is 5.80. The molecular formula is C11H14BrNO. The number of benzene rings is 1. The Morgan fingerprint density at radius 3 is 3.00 bits per heavy atom. The molecule has 3 heteroatoms. The minimum atomic E-state index is 0.243. The lowest BCUT2D eigenvalue weighted by atomic mass is 9.93. The molecule has 1 aromatic carbocycles. The molecule has 0 saturated heterocycles. The van der Waals surface area contributed by atoms with Crippen molar-refractivity contribution in [1.82, 2.24) is 0 Å². The van der Waals surface area contributed by atoms with Gasteiger partial charge in [-0.05, 0) is 41.9 Å². The molecule has 1 aliphatic rings. The standard InChI is InChI=1S/C11H14BrNO/c1-7-8(5-6-13)9-3-2-4-10(12)11(9)14-7/h2-4,7-8H,5-6,13H2,1H3. The van der Waals surface area contributed by atoms with Crippen molar-refractivity contribution in [2.24, 2.45) is 5.73 Å². The Kier molecular flexibility index (Phi) is 2.79. The van der Waals surface area contributed by atoms with Crippen LogP contribution in [0.4, 0.5) is 0 Å². The van der Waals surface area contributed by atoms with Gasteiger partial charge in [0.1, 0.15) is 11.9 Å². The number of hydrogen-bond acceptors (Lipinski definition) is 2. The van der Waals surface area contributed by atoms with Crippen molar-refractivity contribution in [1.29, 1.82) is 0 Å². The van der Waals surface area contributed by atoms with Gasteiger partial charge in [0.2, 0.25) is 0 Å². The molecule has 1 aromatic rings. The second-order valence-electron chi connectivity index (χ2n) is 3.66. The molecule has 14 heavy (non-hydrogen) atoms. The third kappa shape index (κ3) is 1.55. The van der Waals surface area contributed by atoms with Crippen molar-refractivity contribution in [2.75, 3.05) is 6.54 Å². The van der Waals surface area contributed by atoms with Gasteiger partial charge in [0.15, 0.2) is 0 Å². The van der Waals surface area contributed by atoms with E-state index in [-0.39, 0.29) is 6.10 Å². The van der Waals surface area contributed by atoms with E-state index in [1.165, 1.54) is 5.56 Å². The Balaban J connectivity index is 2.37. The normalized spacial score (nSPS) is 24.5. The molecule has 0 amide bonds. The monoisotopic (exact) mass is 255 g/mol. The molecule has 2 N–H and O–H groups in total. The number of rotatable bonds is 2. The van der Waals surface area contributed by atoms with E-state index in [1.807, 2.05) is 12.1 Å². The van der Waals surface area contributed by atoms with Crippen LogP contribution in [0.25, 0.3) is 0 Å². The van der Waals surface area contributed by atoms with Crippen molar-refractivity contribution in [3.05, 3.63) is 28.2 Å². The van der Waals surface area contributed by atoms with Crippen LogP contribution in [0.3, 0.4) is 0 Å². The number of hydrogen-bond donors (Lipinski definition) is 1. The van der Waals surface area contributed by atoms with Gasteiger partial charge < -0.3 is 10.5 Å². The van der Waals surface area contributed by atoms with Gasteiger partial charge in [-0.25, -0.2) is 0 Å². The lowest BCUT2D eigenvalue weighted by Crippen LogP contribution is -2.17. The van der Waals surface area contributed by atoms with Crippen molar-refractivity contribution in [3.8, 4) is 5.75 Å². The second kappa shape index (κ2) is 3.91. The van der Waals surface area contributed by atoms with Gasteiger partial charge in [-0.3, -0.25) is 0 Å². The summed E-state index contributed by atoms with van der Waals surface area (Å²) in [4.78, 5) is 0. The van der Waals surface area contributed by atoms with E-state index in [9.17, 15) is 0 Å². The van der Waals surface area contributed by atoms with Crippen molar-refractivity contribution in [2.45, 2.75) is 25.4 Å². The summed E-state index contributed by atoms with van der Waals surface area (Å²) in [6.07, 6.45) is 1.23. The molecule has 76 valence electrons. The maximum Gasteiger partial charge on any atom is 0.137 e. The summed E-state index contributed by atoms with van der Waals surface area (Å²) >= 11 is 3.50. The van der Waals surface area contributed by atoms with Crippen LogP contribution in [0.15, 0.2) is 22.7 Å². The third-order valence-corrected chi connectivity index (χ3v) is 3.37. The molecule has 1 aliphatic heterocycles. The summed E-state index contributed by atoms with van der Waals surface area (Å²) in [6, 6.07) is 6.19. The van der Waals surface area contributed by atoms with Crippen molar-refractivity contribution < 1.29 is 4.74 Å². The van der Waals surface area contributed by atoms with Crippen LogP contribution in [-0.2, 0) is 0 Å². The Morgan fingerprint density at radius 2 is 2.29 bits per heavy atom. The van der Waals surface area contributed by atoms with Crippen LogP contribution in [0.5, 0.6) is 5.75 Å². The number of ether oxygens (including phenoxy) is 1. The molecule has 0 fully saturated rings. The molecule has 2 nitrogen and oxygen atoms in total. The predicted molar refractivity (Wildman–Crippen MR) is 60.6 cm³/mol. The van der Waals surface area contributed by atoms with Gasteiger partial charge >= 0.3 is 0 Å². The van der Waals surface area contributed by atoms with E-state index in [0.717, 1.165) is 16.6 Å². The molecule has 0 bridgehead atoms. The first-order chi connectivity index (χ1) is 6.74. The van der Waals surface area contributed by atoms with Crippen molar-refractivity contribution >= 4 is 15.9 Å². The lowest BCUT2D eigenvalue weighted by molar-refractivity contribution is 0.221. The van der Waals surface area contributed by atoms with Crippen LogP contribution in [0.2, 0.25) is 0 Å². The Labute approximate surface area is 92.6 Å². The fourth-order valence-corrected chi connectivity index (χ4v) is 2.51. The van der Waals surface area contributed by atoms with Crippen LogP contribution < -0.4 is 10.5 Å².